The second-order valence-corrected chi connectivity index (χ2v) is 5.75. The van der Waals surface area contributed by atoms with Crippen molar-refractivity contribution in [1.29, 1.82) is 0 Å². The molecule has 0 aromatic carbocycles. The van der Waals surface area contributed by atoms with Gasteiger partial charge in [-0.25, -0.2) is 4.79 Å². The highest BCUT2D eigenvalue weighted by Crippen LogP contribution is 2.38. The summed E-state index contributed by atoms with van der Waals surface area (Å²) in [6.45, 7) is 1.99. The molecule has 0 aliphatic heterocycles. The minimum absolute atomic E-state index is 0.0803. The number of nitrogens with two attached hydrogens (primary N) is 1. The van der Waals surface area contributed by atoms with Gasteiger partial charge in [-0.1, -0.05) is 6.92 Å². The standard InChI is InChI=1S/C13H23N3O4/c1-9-3-5-13(6-4-9,11(18)19)8-15-12(20)16(2)7-10(14)17/h9H,3-8H2,1-2H3,(H2,14,17)(H,15,20)(H,18,19). The summed E-state index contributed by atoms with van der Waals surface area (Å²) in [7, 11) is 1.44. The zero-order valence-electron chi connectivity index (χ0n) is 12.0. The van der Waals surface area contributed by atoms with Gasteiger partial charge < -0.3 is 21.1 Å². The Morgan fingerprint density at radius 1 is 1.35 bits per heavy atom. The fourth-order valence-electron chi connectivity index (χ4n) is 2.47. The van der Waals surface area contributed by atoms with Crippen molar-refractivity contribution >= 4 is 17.9 Å². The maximum atomic E-state index is 11.8. The van der Waals surface area contributed by atoms with Gasteiger partial charge in [-0.2, -0.15) is 0 Å². The van der Waals surface area contributed by atoms with Crippen LogP contribution in [0.25, 0.3) is 0 Å². The Bertz CT molecular complexity index is 389. The maximum Gasteiger partial charge on any atom is 0.317 e. The molecule has 1 fully saturated rings. The highest BCUT2D eigenvalue weighted by atomic mass is 16.4. The first kappa shape index (κ1) is 16.3. The normalized spacial score (nSPS) is 25.8. The molecular formula is C13H23N3O4. The molecule has 1 rings (SSSR count). The fraction of sp³-hybridized carbons (Fsp3) is 0.769. The first-order valence-electron chi connectivity index (χ1n) is 6.77. The molecule has 0 aromatic rings. The Hall–Kier alpha value is -1.79. The zero-order valence-corrected chi connectivity index (χ0v) is 12.0. The van der Waals surface area contributed by atoms with Gasteiger partial charge in [-0.05, 0) is 31.6 Å². The smallest absolute Gasteiger partial charge is 0.317 e. The van der Waals surface area contributed by atoms with Gasteiger partial charge in [0.2, 0.25) is 5.91 Å². The van der Waals surface area contributed by atoms with Crippen LogP contribution in [-0.4, -0.2) is 48.1 Å². The van der Waals surface area contributed by atoms with Crippen LogP contribution in [0.2, 0.25) is 0 Å². The number of nitrogens with one attached hydrogen (secondary N) is 1. The van der Waals surface area contributed by atoms with Crippen LogP contribution in [0.15, 0.2) is 0 Å². The molecule has 0 atom stereocenters. The van der Waals surface area contributed by atoms with Crippen molar-refractivity contribution in [3.05, 3.63) is 0 Å². The van der Waals surface area contributed by atoms with Crippen molar-refractivity contribution in [3.8, 4) is 0 Å². The number of likely N-dealkylation sites (N-methyl/N-ethyl adjacent to an activating group) is 1. The molecule has 0 spiro atoms. The van der Waals surface area contributed by atoms with E-state index in [1.807, 2.05) is 0 Å². The number of amides is 3. The summed E-state index contributed by atoms with van der Waals surface area (Å²) in [5, 5.41) is 12.0. The third-order valence-corrected chi connectivity index (χ3v) is 4.00. The number of carbonyl (C=O) groups excluding carboxylic acids is 2. The number of carboxylic acid groups (broad SMARTS) is 1. The molecule has 0 unspecified atom stereocenters. The Morgan fingerprint density at radius 3 is 2.35 bits per heavy atom. The summed E-state index contributed by atoms with van der Waals surface area (Å²) < 4.78 is 0. The van der Waals surface area contributed by atoms with E-state index in [2.05, 4.69) is 12.2 Å². The fourth-order valence-corrected chi connectivity index (χ4v) is 2.47. The largest absolute Gasteiger partial charge is 0.481 e. The predicted molar refractivity (Wildman–Crippen MR) is 72.9 cm³/mol. The minimum atomic E-state index is -0.893. The third-order valence-electron chi connectivity index (χ3n) is 4.00. The Balaban J connectivity index is 2.58. The first-order chi connectivity index (χ1) is 9.27. The van der Waals surface area contributed by atoms with E-state index in [1.165, 1.54) is 7.05 Å². The van der Waals surface area contributed by atoms with Gasteiger partial charge in [-0.3, -0.25) is 9.59 Å². The molecule has 0 bridgehead atoms. The first-order valence-corrected chi connectivity index (χ1v) is 6.77. The van der Waals surface area contributed by atoms with Gasteiger partial charge in [0.1, 0.15) is 6.54 Å². The van der Waals surface area contributed by atoms with Crippen LogP contribution in [0.3, 0.4) is 0 Å². The van der Waals surface area contributed by atoms with E-state index >= 15 is 0 Å². The molecule has 7 heteroatoms. The van der Waals surface area contributed by atoms with E-state index in [9.17, 15) is 19.5 Å². The molecular weight excluding hydrogens is 262 g/mol. The van der Waals surface area contributed by atoms with Crippen LogP contribution in [0, 0.1) is 11.3 Å². The highest BCUT2D eigenvalue weighted by Gasteiger charge is 2.41. The van der Waals surface area contributed by atoms with Crippen molar-refractivity contribution in [2.24, 2.45) is 17.1 Å². The number of nitrogens with zero attached hydrogens (tertiary/aromatic N) is 1. The number of carbonyl (C=O) groups is 3. The summed E-state index contributed by atoms with van der Waals surface area (Å²) in [4.78, 5) is 35.1. The van der Waals surface area contributed by atoms with Gasteiger partial charge in [0.25, 0.3) is 0 Å². The van der Waals surface area contributed by atoms with E-state index < -0.39 is 23.3 Å². The Labute approximate surface area is 118 Å². The highest BCUT2D eigenvalue weighted by molar-refractivity contribution is 5.83. The van der Waals surface area contributed by atoms with Gasteiger partial charge in [0, 0.05) is 13.6 Å². The lowest BCUT2D eigenvalue weighted by Gasteiger charge is -2.36. The Kier molecular flexibility index (Phi) is 5.35. The van der Waals surface area contributed by atoms with Gasteiger partial charge in [-0.15, -0.1) is 0 Å². The van der Waals surface area contributed by atoms with Crippen LogP contribution >= 0.6 is 0 Å². The van der Waals surface area contributed by atoms with E-state index in [0.29, 0.717) is 18.8 Å². The van der Waals surface area contributed by atoms with Crippen molar-refractivity contribution < 1.29 is 19.5 Å². The molecule has 4 N–H and O–H groups in total. The molecule has 20 heavy (non-hydrogen) atoms. The quantitative estimate of drug-likeness (QED) is 0.678. The summed E-state index contributed by atoms with van der Waals surface area (Å²) in [6.07, 6.45) is 2.81. The molecule has 1 aliphatic carbocycles. The number of carboxylic acids is 1. The molecule has 7 nitrogen and oxygen atoms in total. The molecule has 0 aromatic heterocycles. The summed E-state index contributed by atoms with van der Waals surface area (Å²) in [6, 6.07) is -0.483. The summed E-state index contributed by atoms with van der Waals surface area (Å²) >= 11 is 0. The average molecular weight is 285 g/mol. The van der Waals surface area contributed by atoms with Gasteiger partial charge in [0.05, 0.1) is 5.41 Å². The van der Waals surface area contributed by atoms with Crippen LogP contribution in [0.1, 0.15) is 32.6 Å². The third kappa shape index (κ3) is 4.11. The van der Waals surface area contributed by atoms with Crippen LogP contribution in [-0.2, 0) is 9.59 Å². The number of aliphatic carboxylic acids is 1. The monoisotopic (exact) mass is 285 g/mol. The molecule has 1 saturated carbocycles. The Morgan fingerprint density at radius 2 is 1.90 bits per heavy atom. The number of hydrogen-bond acceptors (Lipinski definition) is 3. The maximum absolute atomic E-state index is 11.8. The van der Waals surface area contributed by atoms with E-state index in [-0.39, 0.29) is 13.1 Å². The van der Waals surface area contributed by atoms with Crippen LogP contribution in [0.4, 0.5) is 4.79 Å². The number of hydrogen-bond donors (Lipinski definition) is 3. The summed E-state index contributed by atoms with van der Waals surface area (Å²) in [5.41, 5.74) is 4.11. The molecule has 1 aliphatic rings. The van der Waals surface area contributed by atoms with Crippen LogP contribution < -0.4 is 11.1 Å². The van der Waals surface area contributed by atoms with Crippen molar-refractivity contribution in [1.82, 2.24) is 10.2 Å². The predicted octanol–water partition coefficient (Wildman–Crippen LogP) is 0.394. The van der Waals surface area contributed by atoms with E-state index in [0.717, 1.165) is 17.7 Å². The topological polar surface area (TPSA) is 113 Å². The average Bonchev–Trinajstić information content (AvgIpc) is 2.37. The summed E-state index contributed by atoms with van der Waals surface area (Å²) in [5.74, 6) is -0.958. The molecule has 3 amide bonds. The van der Waals surface area contributed by atoms with Crippen LogP contribution in [0.5, 0.6) is 0 Å². The number of urea groups is 1. The lowest BCUT2D eigenvalue weighted by Crippen LogP contribution is -2.49. The minimum Gasteiger partial charge on any atom is -0.481 e. The SMILES string of the molecule is CC1CCC(CNC(=O)N(C)CC(N)=O)(C(=O)O)CC1. The lowest BCUT2D eigenvalue weighted by molar-refractivity contribution is -0.151. The lowest BCUT2D eigenvalue weighted by atomic mass is 9.71. The van der Waals surface area contributed by atoms with E-state index in [1.54, 1.807) is 0 Å². The zero-order chi connectivity index (χ0) is 15.3. The molecule has 114 valence electrons. The molecule has 0 saturated heterocycles. The molecule has 0 radical (unpaired) electrons. The van der Waals surface area contributed by atoms with E-state index in [4.69, 9.17) is 5.73 Å². The second-order valence-electron chi connectivity index (χ2n) is 5.75. The van der Waals surface area contributed by atoms with Crippen molar-refractivity contribution in [2.45, 2.75) is 32.6 Å². The number of primary amides is 1. The van der Waals surface area contributed by atoms with Crippen molar-refractivity contribution in [2.75, 3.05) is 20.1 Å². The van der Waals surface area contributed by atoms with Crippen molar-refractivity contribution in [3.63, 3.8) is 0 Å². The van der Waals surface area contributed by atoms with Gasteiger partial charge in [0.15, 0.2) is 0 Å². The number of rotatable bonds is 5. The van der Waals surface area contributed by atoms with Gasteiger partial charge >= 0.3 is 12.0 Å². The second kappa shape index (κ2) is 6.58. The molecule has 0 heterocycles.